The summed E-state index contributed by atoms with van der Waals surface area (Å²) < 4.78 is 50.9. The highest BCUT2D eigenvalue weighted by molar-refractivity contribution is 6.04. The normalized spacial score (nSPS) is 17.7. The maximum Gasteiger partial charge on any atom is 0.417 e. The molecule has 4 heterocycles. The number of anilines is 2. The molecule has 3 aromatic rings. The second-order valence-corrected chi connectivity index (χ2v) is 9.70. The second kappa shape index (κ2) is 11.6. The molecule has 0 spiro atoms. The molecule has 2 saturated heterocycles. The lowest BCUT2D eigenvalue weighted by Gasteiger charge is -2.28. The van der Waals surface area contributed by atoms with E-state index in [1.54, 1.807) is 12.1 Å². The van der Waals surface area contributed by atoms with Gasteiger partial charge in [-0.3, -0.25) is 9.78 Å². The minimum absolute atomic E-state index is 0.179. The van der Waals surface area contributed by atoms with Gasteiger partial charge in [-0.05, 0) is 67.3 Å². The Bertz CT molecular complexity index is 1320. The lowest BCUT2D eigenvalue weighted by atomic mass is 10.00. The fourth-order valence-electron chi connectivity index (χ4n) is 4.69. The zero-order chi connectivity index (χ0) is 27.4. The number of amides is 1. The van der Waals surface area contributed by atoms with Gasteiger partial charge in [0.25, 0.3) is 5.91 Å². The Kier molecular flexibility index (Phi) is 7.99. The van der Waals surface area contributed by atoms with Gasteiger partial charge in [-0.25, -0.2) is 0 Å². The summed E-state index contributed by atoms with van der Waals surface area (Å²) in [4.78, 5) is 23.3. The molecule has 2 aliphatic heterocycles. The molecule has 2 aliphatic rings. The van der Waals surface area contributed by atoms with Crippen molar-refractivity contribution in [3.8, 4) is 17.0 Å². The van der Waals surface area contributed by atoms with Gasteiger partial charge >= 0.3 is 6.18 Å². The molecular weight excluding hydrogens is 511 g/mol. The predicted molar refractivity (Wildman–Crippen MR) is 141 cm³/mol. The topological polar surface area (TPSA) is 88.6 Å². The second-order valence-electron chi connectivity index (χ2n) is 9.70. The fourth-order valence-corrected chi connectivity index (χ4v) is 4.69. The number of aromatic nitrogens is 2. The Morgan fingerprint density at radius 1 is 1.18 bits per heavy atom. The van der Waals surface area contributed by atoms with Crippen molar-refractivity contribution < 1.29 is 27.4 Å². The molecule has 5 rings (SSSR count). The van der Waals surface area contributed by atoms with E-state index in [-0.39, 0.29) is 11.6 Å². The summed E-state index contributed by atoms with van der Waals surface area (Å²) >= 11 is 0. The van der Waals surface area contributed by atoms with Crippen LogP contribution in [0.4, 0.5) is 24.7 Å². The van der Waals surface area contributed by atoms with Gasteiger partial charge in [-0.1, -0.05) is 6.07 Å². The molecule has 2 fully saturated rings. The molecule has 8 nitrogen and oxygen atoms in total. The highest BCUT2D eigenvalue weighted by Crippen LogP contribution is 2.33. The van der Waals surface area contributed by atoms with Crippen LogP contribution >= 0.6 is 0 Å². The minimum Gasteiger partial charge on any atom is -0.476 e. The molecule has 1 atom stereocenters. The summed E-state index contributed by atoms with van der Waals surface area (Å²) in [6.07, 6.45) is -0.612. The summed E-state index contributed by atoms with van der Waals surface area (Å²) in [5.41, 5.74) is 1.94. The van der Waals surface area contributed by atoms with E-state index in [0.717, 1.165) is 54.2 Å². The number of morpholine rings is 1. The van der Waals surface area contributed by atoms with Gasteiger partial charge in [0.15, 0.2) is 0 Å². The van der Waals surface area contributed by atoms with Gasteiger partial charge < -0.3 is 25.0 Å². The smallest absolute Gasteiger partial charge is 0.417 e. The number of pyridine rings is 2. The van der Waals surface area contributed by atoms with E-state index in [1.165, 1.54) is 0 Å². The van der Waals surface area contributed by atoms with Crippen LogP contribution in [0.15, 0.2) is 48.8 Å². The maximum atomic E-state index is 13.1. The number of aryl methyl sites for hydroxylation is 1. The number of nitrogens with zero attached hydrogens (tertiary/aromatic N) is 3. The van der Waals surface area contributed by atoms with Gasteiger partial charge in [0.1, 0.15) is 12.4 Å². The first-order valence-corrected chi connectivity index (χ1v) is 12.9. The Labute approximate surface area is 224 Å². The third-order valence-electron chi connectivity index (χ3n) is 6.85. The molecule has 0 aliphatic carbocycles. The van der Waals surface area contributed by atoms with Crippen LogP contribution in [0, 0.1) is 6.92 Å². The van der Waals surface area contributed by atoms with Gasteiger partial charge in [-0.2, -0.15) is 18.2 Å². The van der Waals surface area contributed by atoms with Gasteiger partial charge in [0.05, 0.1) is 24.3 Å². The highest BCUT2D eigenvalue weighted by atomic mass is 19.4. The molecule has 206 valence electrons. The summed E-state index contributed by atoms with van der Waals surface area (Å²) in [6.45, 7) is 6.09. The number of hydrogen-bond donors (Lipinski definition) is 2. The van der Waals surface area contributed by atoms with E-state index in [0.29, 0.717) is 50.7 Å². The highest BCUT2D eigenvalue weighted by Gasteiger charge is 2.31. The van der Waals surface area contributed by atoms with Crippen LogP contribution in [-0.2, 0) is 10.9 Å². The van der Waals surface area contributed by atoms with Crippen molar-refractivity contribution in [2.45, 2.75) is 32.0 Å². The van der Waals surface area contributed by atoms with E-state index in [4.69, 9.17) is 14.5 Å². The predicted octanol–water partition coefficient (Wildman–Crippen LogP) is 4.69. The molecule has 0 bridgehead atoms. The third kappa shape index (κ3) is 6.66. The molecule has 0 unspecified atom stereocenters. The lowest BCUT2D eigenvalue weighted by molar-refractivity contribution is -0.137. The Hall–Kier alpha value is -3.70. The standard InChI is InChI=1S/C28H30F3N5O3/c1-18-4-5-22(34-27(37)20-11-21(16-32-15-20)28(29,30)31)14-24(18)19-12-25(36-7-9-38-10-8-36)35-26(13-19)39-17-23-3-2-6-33-23/h4-5,11-16,23,33H,2-3,6-10,17H2,1H3,(H,34,37)/t23-/m0/s1. The molecule has 0 saturated carbocycles. The Morgan fingerprint density at radius 2 is 2.00 bits per heavy atom. The maximum absolute atomic E-state index is 13.1. The number of halogens is 3. The number of ether oxygens (including phenoxy) is 2. The van der Waals surface area contributed by atoms with Crippen molar-refractivity contribution in [1.29, 1.82) is 0 Å². The minimum atomic E-state index is -4.59. The lowest BCUT2D eigenvalue weighted by Crippen LogP contribution is -2.36. The van der Waals surface area contributed by atoms with Crippen LogP contribution in [0.5, 0.6) is 5.88 Å². The zero-order valence-corrected chi connectivity index (χ0v) is 21.6. The third-order valence-corrected chi connectivity index (χ3v) is 6.85. The van der Waals surface area contributed by atoms with Gasteiger partial charge in [0.2, 0.25) is 5.88 Å². The quantitative estimate of drug-likeness (QED) is 0.449. The van der Waals surface area contributed by atoms with Gasteiger partial charge in [0, 0.05) is 43.3 Å². The van der Waals surface area contributed by atoms with Crippen LogP contribution in [-0.4, -0.2) is 61.4 Å². The molecule has 0 radical (unpaired) electrons. The number of alkyl halides is 3. The molecule has 2 N–H and O–H groups in total. The van der Waals surface area contributed by atoms with E-state index in [9.17, 15) is 18.0 Å². The van der Waals surface area contributed by atoms with Crippen LogP contribution < -0.4 is 20.3 Å². The van der Waals surface area contributed by atoms with Crippen LogP contribution in [0.2, 0.25) is 0 Å². The van der Waals surface area contributed by atoms with E-state index in [2.05, 4.69) is 20.5 Å². The summed E-state index contributed by atoms with van der Waals surface area (Å²) in [5, 5.41) is 6.12. The Morgan fingerprint density at radius 3 is 2.74 bits per heavy atom. The van der Waals surface area contributed by atoms with Crippen LogP contribution in [0.25, 0.3) is 11.1 Å². The summed E-state index contributed by atoms with van der Waals surface area (Å²) in [7, 11) is 0. The van der Waals surface area contributed by atoms with Crippen molar-refractivity contribution in [2.24, 2.45) is 0 Å². The molecule has 2 aromatic heterocycles. The molecule has 1 amide bonds. The number of rotatable bonds is 7. The van der Waals surface area contributed by atoms with Crippen LogP contribution in [0.1, 0.15) is 34.3 Å². The first-order chi connectivity index (χ1) is 18.8. The van der Waals surface area contributed by atoms with Gasteiger partial charge in [-0.15, -0.1) is 0 Å². The molecular formula is C28H30F3N5O3. The largest absolute Gasteiger partial charge is 0.476 e. The van der Waals surface area contributed by atoms with Crippen molar-refractivity contribution >= 4 is 17.4 Å². The van der Waals surface area contributed by atoms with E-state index >= 15 is 0 Å². The number of nitrogens with one attached hydrogen (secondary N) is 2. The molecule has 39 heavy (non-hydrogen) atoms. The average Bonchev–Trinajstić information content (AvgIpc) is 3.47. The summed E-state index contributed by atoms with van der Waals surface area (Å²) in [5.74, 6) is 0.598. The Balaban J connectivity index is 1.42. The van der Waals surface area contributed by atoms with E-state index in [1.807, 2.05) is 25.1 Å². The monoisotopic (exact) mass is 541 g/mol. The molecule has 11 heteroatoms. The average molecular weight is 542 g/mol. The van der Waals surface area contributed by atoms with E-state index < -0.39 is 17.6 Å². The first kappa shape index (κ1) is 26.9. The zero-order valence-electron chi connectivity index (χ0n) is 21.6. The number of carbonyl (C=O) groups excluding carboxylic acids is 1. The van der Waals surface area contributed by atoms with Crippen molar-refractivity contribution in [2.75, 3.05) is 49.7 Å². The number of hydrogen-bond acceptors (Lipinski definition) is 7. The first-order valence-electron chi connectivity index (χ1n) is 12.9. The number of benzene rings is 1. The van der Waals surface area contributed by atoms with Crippen molar-refractivity contribution in [3.63, 3.8) is 0 Å². The fraction of sp³-hybridized carbons (Fsp3) is 0.393. The van der Waals surface area contributed by atoms with Crippen molar-refractivity contribution in [1.82, 2.24) is 15.3 Å². The summed E-state index contributed by atoms with van der Waals surface area (Å²) in [6, 6.07) is 10.3. The van der Waals surface area contributed by atoms with Crippen molar-refractivity contribution in [3.05, 3.63) is 65.5 Å². The molecule has 1 aromatic carbocycles. The van der Waals surface area contributed by atoms with Crippen LogP contribution in [0.3, 0.4) is 0 Å². The SMILES string of the molecule is Cc1ccc(NC(=O)c2cncc(C(F)(F)F)c2)cc1-c1cc(OC[C@@H]2CCCN2)nc(N2CCOCC2)c1. The number of carbonyl (C=O) groups is 1.